The molecule has 4 rings (SSSR count). The monoisotopic (exact) mass is 402 g/mol. The van der Waals surface area contributed by atoms with Gasteiger partial charge in [0.15, 0.2) is 11.4 Å². The van der Waals surface area contributed by atoms with E-state index < -0.39 is 10.0 Å². The molecule has 1 saturated heterocycles. The van der Waals surface area contributed by atoms with Gasteiger partial charge in [-0.3, -0.25) is 4.99 Å². The van der Waals surface area contributed by atoms with E-state index in [9.17, 15) is 8.42 Å². The molecule has 0 aliphatic carbocycles. The van der Waals surface area contributed by atoms with Gasteiger partial charge in [-0.25, -0.2) is 12.7 Å². The summed E-state index contributed by atoms with van der Waals surface area (Å²) in [5, 5.41) is 4.84. The Morgan fingerprint density at radius 3 is 2.71 bits per heavy atom. The molecule has 0 spiro atoms. The Morgan fingerprint density at radius 1 is 1.25 bits per heavy atom. The summed E-state index contributed by atoms with van der Waals surface area (Å²) in [5.74, 6) is 1.27. The lowest BCUT2D eigenvalue weighted by Gasteiger charge is -2.32. The summed E-state index contributed by atoms with van der Waals surface area (Å²) in [7, 11) is -3.15. The summed E-state index contributed by atoms with van der Waals surface area (Å²) >= 11 is 0. The smallest absolute Gasteiger partial charge is 0.216 e. The molecule has 150 valence electrons. The SMILES string of the molecule is CC(C)S(=O)(=O)N1CCC(Cc2ccc3onc(N4C=CC=NC4)c3c2)CC1. The third-order valence-electron chi connectivity index (χ3n) is 5.53. The van der Waals surface area contributed by atoms with Gasteiger partial charge in [-0.05, 0) is 62.8 Å². The van der Waals surface area contributed by atoms with Gasteiger partial charge in [0, 0.05) is 25.5 Å². The Balaban J connectivity index is 1.46. The van der Waals surface area contributed by atoms with Crippen LogP contribution in [0.1, 0.15) is 32.3 Å². The van der Waals surface area contributed by atoms with Crippen LogP contribution in [0.2, 0.25) is 0 Å². The standard InChI is InChI=1S/C20H26N4O3S/c1-15(2)28(25,26)24-10-6-16(7-11-24)12-17-4-5-19-18(13-17)20(22-27-19)23-9-3-8-21-14-23/h3-5,8-9,13,15-16H,6-7,10-12,14H2,1-2H3. The second-order valence-corrected chi connectivity index (χ2v) is 10.3. The van der Waals surface area contributed by atoms with E-state index in [4.69, 9.17) is 4.52 Å². The molecule has 0 saturated carbocycles. The van der Waals surface area contributed by atoms with Crippen LogP contribution in [0.4, 0.5) is 5.82 Å². The van der Waals surface area contributed by atoms with Crippen LogP contribution in [0.25, 0.3) is 11.0 Å². The van der Waals surface area contributed by atoms with Crippen molar-refractivity contribution in [1.82, 2.24) is 9.46 Å². The van der Waals surface area contributed by atoms with Crippen molar-refractivity contribution in [3.05, 3.63) is 36.0 Å². The van der Waals surface area contributed by atoms with Crippen LogP contribution < -0.4 is 4.90 Å². The molecule has 0 atom stereocenters. The molecule has 2 aliphatic heterocycles. The number of benzene rings is 1. The van der Waals surface area contributed by atoms with Gasteiger partial charge in [-0.1, -0.05) is 11.2 Å². The van der Waals surface area contributed by atoms with Crippen molar-refractivity contribution in [1.29, 1.82) is 0 Å². The summed E-state index contributed by atoms with van der Waals surface area (Å²) in [6, 6.07) is 6.19. The van der Waals surface area contributed by atoms with Crippen LogP contribution in [-0.4, -0.2) is 49.1 Å². The molecule has 8 heteroatoms. The lowest BCUT2D eigenvalue weighted by Crippen LogP contribution is -2.42. The largest absolute Gasteiger partial charge is 0.354 e. The second-order valence-electron chi connectivity index (χ2n) is 7.76. The summed E-state index contributed by atoms with van der Waals surface area (Å²) in [6.07, 6.45) is 8.32. The summed E-state index contributed by atoms with van der Waals surface area (Å²) < 4.78 is 31.8. The maximum atomic E-state index is 12.3. The third kappa shape index (κ3) is 3.71. The van der Waals surface area contributed by atoms with Gasteiger partial charge in [0.05, 0.1) is 10.6 Å². The number of anilines is 1. The molecule has 28 heavy (non-hydrogen) atoms. The Bertz CT molecular complexity index is 1000. The van der Waals surface area contributed by atoms with Crippen molar-refractivity contribution < 1.29 is 12.9 Å². The molecule has 0 radical (unpaired) electrons. The number of hydrogen-bond donors (Lipinski definition) is 0. The van der Waals surface area contributed by atoms with Crippen LogP contribution in [-0.2, 0) is 16.4 Å². The first-order chi connectivity index (χ1) is 13.4. The van der Waals surface area contributed by atoms with Gasteiger partial charge in [0.2, 0.25) is 10.0 Å². The van der Waals surface area contributed by atoms with Crippen LogP contribution in [0.3, 0.4) is 0 Å². The van der Waals surface area contributed by atoms with Crippen molar-refractivity contribution in [2.24, 2.45) is 10.9 Å². The van der Waals surface area contributed by atoms with Crippen molar-refractivity contribution in [2.45, 2.75) is 38.4 Å². The molecule has 0 bridgehead atoms. The van der Waals surface area contributed by atoms with E-state index in [1.807, 2.05) is 23.2 Å². The predicted octanol–water partition coefficient (Wildman–Crippen LogP) is 3.18. The van der Waals surface area contributed by atoms with Crippen LogP contribution in [0.5, 0.6) is 0 Å². The first-order valence-corrected chi connectivity index (χ1v) is 11.3. The Kier molecular flexibility index (Phi) is 5.25. The van der Waals surface area contributed by atoms with Gasteiger partial charge >= 0.3 is 0 Å². The van der Waals surface area contributed by atoms with Crippen LogP contribution >= 0.6 is 0 Å². The van der Waals surface area contributed by atoms with Crippen molar-refractivity contribution >= 4 is 33.0 Å². The molecule has 0 amide bonds. The lowest BCUT2D eigenvalue weighted by molar-refractivity contribution is 0.271. The van der Waals surface area contributed by atoms with E-state index in [0.717, 1.165) is 36.0 Å². The number of rotatable bonds is 5. The number of sulfonamides is 1. The Hall–Kier alpha value is -2.19. The van der Waals surface area contributed by atoms with Gasteiger partial charge < -0.3 is 9.42 Å². The van der Waals surface area contributed by atoms with Crippen molar-refractivity contribution in [3.8, 4) is 0 Å². The Labute approximate surface area is 165 Å². The molecule has 0 unspecified atom stereocenters. The third-order valence-corrected chi connectivity index (χ3v) is 7.81. The Morgan fingerprint density at radius 2 is 2.04 bits per heavy atom. The first-order valence-electron chi connectivity index (χ1n) is 9.75. The second kappa shape index (κ2) is 7.67. The first kappa shape index (κ1) is 19.1. The topological polar surface area (TPSA) is 79.0 Å². The molecule has 2 aromatic rings. The lowest BCUT2D eigenvalue weighted by atomic mass is 9.90. The number of allylic oxidation sites excluding steroid dienone is 1. The van der Waals surface area contributed by atoms with Gasteiger partial charge in [-0.15, -0.1) is 0 Å². The highest BCUT2D eigenvalue weighted by atomic mass is 32.2. The molecule has 1 aromatic heterocycles. The molecule has 1 fully saturated rings. The average Bonchev–Trinajstić information content (AvgIpc) is 3.12. The highest BCUT2D eigenvalue weighted by molar-refractivity contribution is 7.89. The van der Waals surface area contributed by atoms with E-state index in [1.165, 1.54) is 5.56 Å². The highest BCUT2D eigenvalue weighted by Gasteiger charge is 2.30. The minimum atomic E-state index is -3.15. The summed E-state index contributed by atoms with van der Waals surface area (Å²) in [4.78, 5) is 6.22. The zero-order chi connectivity index (χ0) is 19.7. The minimum absolute atomic E-state index is 0.355. The van der Waals surface area contributed by atoms with Gasteiger partial charge in [0.1, 0.15) is 6.67 Å². The number of hydrogen-bond acceptors (Lipinski definition) is 6. The van der Waals surface area contributed by atoms with Gasteiger partial charge in [-0.2, -0.15) is 0 Å². The minimum Gasteiger partial charge on any atom is -0.354 e. The molecule has 0 N–H and O–H groups in total. The zero-order valence-corrected chi connectivity index (χ0v) is 17.1. The summed E-state index contributed by atoms with van der Waals surface area (Å²) in [5.41, 5.74) is 1.99. The highest BCUT2D eigenvalue weighted by Crippen LogP contribution is 2.30. The van der Waals surface area contributed by atoms with E-state index in [1.54, 1.807) is 24.4 Å². The zero-order valence-electron chi connectivity index (χ0n) is 16.3. The normalized spacial score (nSPS) is 19.2. The van der Waals surface area contributed by atoms with E-state index in [2.05, 4.69) is 22.3 Å². The van der Waals surface area contributed by atoms with Crippen LogP contribution in [0.15, 0.2) is 40.0 Å². The maximum absolute atomic E-state index is 12.3. The number of aliphatic imine (C=N–C) groups is 1. The average molecular weight is 403 g/mol. The van der Waals surface area contributed by atoms with Gasteiger partial charge in [0.25, 0.3) is 0 Å². The van der Waals surface area contributed by atoms with E-state index >= 15 is 0 Å². The number of piperidine rings is 1. The molecule has 1 aromatic carbocycles. The molecular formula is C20H26N4O3S. The number of nitrogens with zero attached hydrogens (tertiary/aromatic N) is 4. The van der Waals surface area contributed by atoms with E-state index in [0.29, 0.717) is 25.7 Å². The fourth-order valence-corrected chi connectivity index (χ4v) is 5.15. The number of aromatic nitrogens is 1. The van der Waals surface area contributed by atoms with Crippen LogP contribution in [0, 0.1) is 5.92 Å². The quantitative estimate of drug-likeness (QED) is 0.767. The predicted molar refractivity (Wildman–Crippen MR) is 111 cm³/mol. The summed E-state index contributed by atoms with van der Waals surface area (Å²) in [6.45, 7) is 5.25. The number of fused-ring (bicyclic) bond motifs is 1. The molecule has 3 heterocycles. The molecular weight excluding hydrogens is 376 g/mol. The molecule has 2 aliphatic rings. The molecule has 7 nitrogen and oxygen atoms in total. The van der Waals surface area contributed by atoms with E-state index in [-0.39, 0.29) is 5.25 Å². The fourth-order valence-electron chi connectivity index (χ4n) is 3.83. The van der Waals surface area contributed by atoms with Crippen molar-refractivity contribution in [2.75, 3.05) is 24.7 Å². The fraction of sp³-hybridized carbons (Fsp3) is 0.500. The van der Waals surface area contributed by atoms with Crippen molar-refractivity contribution in [3.63, 3.8) is 0 Å². The maximum Gasteiger partial charge on any atom is 0.216 e.